The Balaban J connectivity index is 3.63. The maximum absolute atomic E-state index is 10.8. The van der Waals surface area contributed by atoms with E-state index in [-0.39, 0.29) is 17.9 Å². The number of nitrogens with one attached hydrogen (secondary N) is 1. The molecule has 0 aliphatic heterocycles. The summed E-state index contributed by atoms with van der Waals surface area (Å²) in [5.41, 5.74) is -0.252. The summed E-state index contributed by atoms with van der Waals surface area (Å²) in [7, 11) is -1.02. The van der Waals surface area contributed by atoms with Gasteiger partial charge in [0.1, 0.15) is 9.84 Å². The molecule has 1 unspecified atom stereocenters. The van der Waals surface area contributed by atoms with E-state index in [1.807, 2.05) is 14.0 Å². The van der Waals surface area contributed by atoms with Gasteiger partial charge in [-0.25, -0.2) is 8.42 Å². The molecule has 0 amide bonds. The molecule has 0 aliphatic rings. The van der Waals surface area contributed by atoms with Gasteiger partial charge >= 0.3 is 0 Å². The van der Waals surface area contributed by atoms with Gasteiger partial charge in [0.15, 0.2) is 0 Å². The molecule has 0 saturated heterocycles. The van der Waals surface area contributed by atoms with Gasteiger partial charge in [0, 0.05) is 17.5 Å². The van der Waals surface area contributed by atoms with Gasteiger partial charge < -0.3 is 10.4 Å². The first-order valence-corrected chi connectivity index (χ1v) is 8.10. The molecule has 0 aromatic heterocycles. The predicted octanol–water partition coefficient (Wildman–Crippen LogP) is 0.125. The lowest BCUT2D eigenvalue weighted by molar-refractivity contribution is 0.179. The largest absolute Gasteiger partial charge is 0.394 e. The molecule has 15 heavy (non-hydrogen) atoms. The molecule has 6 heteroatoms. The summed E-state index contributed by atoms with van der Waals surface area (Å²) in [6.45, 7) is 2.04. The molecule has 0 bridgehead atoms. The second-order valence-corrected chi connectivity index (χ2v) is 7.45. The number of aliphatic hydroxyl groups excluding tert-OH is 1. The Bertz CT molecular complexity index is 261. The number of rotatable bonds is 8. The van der Waals surface area contributed by atoms with Crippen molar-refractivity contribution in [1.82, 2.24) is 5.32 Å². The molecule has 2 N–H and O–H groups in total. The monoisotopic (exact) mass is 255 g/mol. The fourth-order valence-electron chi connectivity index (χ4n) is 0.893. The molecule has 92 valence electrons. The van der Waals surface area contributed by atoms with Gasteiger partial charge in [-0.3, -0.25) is 0 Å². The minimum absolute atomic E-state index is 0.0934. The van der Waals surface area contributed by atoms with Crippen molar-refractivity contribution in [2.45, 2.75) is 18.9 Å². The zero-order chi connectivity index (χ0) is 11.9. The third-order valence-corrected chi connectivity index (χ3v) is 4.54. The second-order valence-electron chi connectivity index (χ2n) is 3.96. The molecule has 0 rings (SSSR count). The molecule has 0 aromatic rings. The highest BCUT2D eigenvalue weighted by atomic mass is 32.2. The van der Waals surface area contributed by atoms with Gasteiger partial charge in [0.25, 0.3) is 0 Å². The number of likely N-dealkylation sites (N-methyl/N-ethyl adjacent to an activating group) is 1. The lowest BCUT2D eigenvalue weighted by atomic mass is 10.0. The third-order valence-electron chi connectivity index (χ3n) is 2.35. The van der Waals surface area contributed by atoms with Crippen LogP contribution in [-0.2, 0) is 9.84 Å². The molecule has 0 radical (unpaired) electrons. The van der Waals surface area contributed by atoms with Gasteiger partial charge in [-0.05, 0) is 26.1 Å². The number of thioether (sulfide) groups is 1. The molecule has 0 saturated carbocycles. The zero-order valence-corrected chi connectivity index (χ0v) is 11.2. The van der Waals surface area contributed by atoms with Crippen molar-refractivity contribution in [2.75, 3.05) is 37.2 Å². The van der Waals surface area contributed by atoms with Crippen molar-refractivity contribution in [3.8, 4) is 0 Å². The van der Waals surface area contributed by atoms with Gasteiger partial charge in [0.05, 0.1) is 12.4 Å². The normalized spacial score (nSPS) is 16.3. The van der Waals surface area contributed by atoms with E-state index in [9.17, 15) is 8.42 Å². The Morgan fingerprint density at radius 3 is 2.40 bits per heavy atom. The highest BCUT2D eigenvalue weighted by Gasteiger charge is 2.19. The maximum atomic E-state index is 10.8. The number of sulfone groups is 1. The average molecular weight is 255 g/mol. The summed E-state index contributed by atoms with van der Waals surface area (Å²) >= 11 is 1.61. The van der Waals surface area contributed by atoms with E-state index in [0.717, 1.165) is 12.2 Å². The molecule has 0 spiro atoms. The van der Waals surface area contributed by atoms with Crippen molar-refractivity contribution in [1.29, 1.82) is 0 Å². The van der Waals surface area contributed by atoms with E-state index in [1.54, 1.807) is 11.8 Å². The Hall–Kier alpha value is 0.220. The van der Waals surface area contributed by atoms with E-state index in [1.165, 1.54) is 6.26 Å². The standard InChI is InChI=1S/C9H21NO3S2/c1-9(8-11,10-2)4-5-14-6-7-15(3,12)13/h10-11H,4-8H2,1-3H3. The van der Waals surface area contributed by atoms with Crippen LogP contribution in [0.4, 0.5) is 0 Å². The van der Waals surface area contributed by atoms with E-state index in [2.05, 4.69) is 5.32 Å². The van der Waals surface area contributed by atoms with Crippen LogP contribution in [0.25, 0.3) is 0 Å². The van der Waals surface area contributed by atoms with Gasteiger partial charge in [-0.15, -0.1) is 0 Å². The molecule has 0 fully saturated rings. The maximum Gasteiger partial charge on any atom is 0.148 e. The summed E-state index contributed by atoms with van der Waals surface area (Å²) in [4.78, 5) is 0. The van der Waals surface area contributed by atoms with E-state index < -0.39 is 9.84 Å². The summed E-state index contributed by atoms with van der Waals surface area (Å²) in [6.07, 6.45) is 2.08. The fraction of sp³-hybridized carbons (Fsp3) is 1.00. The molecule has 0 aromatic carbocycles. The SMILES string of the molecule is CNC(C)(CO)CCSCCS(C)(=O)=O. The van der Waals surface area contributed by atoms with Crippen LogP contribution < -0.4 is 5.32 Å². The zero-order valence-electron chi connectivity index (χ0n) is 9.62. The van der Waals surface area contributed by atoms with Crippen LogP contribution in [0.1, 0.15) is 13.3 Å². The first kappa shape index (κ1) is 15.2. The lowest BCUT2D eigenvalue weighted by Crippen LogP contribution is -2.43. The van der Waals surface area contributed by atoms with E-state index >= 15 is 0 Å². The highest BCUT2D eigenvalue weighted by Crippen LogP contribution is 2.13. The van der Waals surface area contributed by atoms with Crippen molar-refractivity contribution in [3.63, 3.8) is 0 Å². The second kappa shape index (κ2) is 6.73. The van der Waals surface area contributed by atoms with Gasteiger partial charge in [-0.2, -0.15) is 11.8 Å². The molecule has 0 heterocycles. The number of hydrogen-bond acceptors (Lipinski definition) is 5. The highest BCUT2D eigenvalue weighted by molar-refractivity contribution is 8.00. The summed E-state index contributed by atoms with van der Waals surface area (Å²) in [6, 6.07) is 0. The average Bonchev–Trinajstić information content (AvgIpc) is 2.15. The van der Waals surface area contributed by atoms with E-state index in [0.29, 0.717) is 5.75 Å². The van der Waals surface area contributed by atoms with Crippen LogP contribution in [0.15, 0.2) is 0 Å². The Morgan fingerprint density at radius 1 is 1.40 bits per heavy atom. The number of hydrogen-bond donors (Lipinski definition) is 2. The molecule has 4 nitrogen and oxygen atoms in total. The summed E-state index contributed by atoms with van der Waals surface area (Å²) < 4.78 is 21.7. The molecule has 1 atom stereocenters. The van der Waals surface area contributed by atoms with Crippen molar-refractivity contribution >= 4 is 21.6 Å². The Kier molecular flexibility index (Phi) is 6.83. The van der Waals surface area contributed by atoms with Gasteiger partial charge in [-0.1, -0.05) is 0 Å². The van der Waals surface area contributed by atoms with E-state index in [4.69, 9.17) is 5.11 Å². The Labute approximate surface area is 96.8 Å². The fourth-order valence-corrected chi connectivity index (χ4v) is 3.37. The van der Waals surface area contributed by atoms with Crippen LogP contribution >= 0.6 is 11.8 Å². The quantitative estimate of drug-likeness (QED) is 0.603. The van der Waals surface area contributed by atoms with Crippen molar-refractivity contribution in [2.24, 2.45) is 0 Å². The summed E-state index contributed by atoms with van der Waals surface area (Å²) in [5.74, 6) is 1.71. The smallest absolute Gasteiger partial charge is 0.148 e. The summed E-state index contributed by atoms with van der Waals surface area (Å²) in [5, 5.41) is 12.2. The first-order chi connectivity index (χ1) is 6.83. The van der Waals surface area contributed by atoms with Crippen molar-refractivity contribution < 1.29 is 13.5 Å². The first-order valence-electron chi connectivity index (χ1n) is 4.88. The van der Waals surface area contributed by atoms with Gasteiger partial charge in [0.2, 0.25) is 0 Å². The minimum Gasteiger partial charge on any atom is -0.394 e. The topological polar surface area (TPSA) is 66.4 Å². The number of aliphatic hydroxyl groups is 1. The van der Waals surface area contributed by atoms with Crippen LogP contribution in [0, 0.1) is 0 Å². The Morgan fingerprint density at radius 2 is 2.00 bits per heavy atom. The molecular formula is C9H21NO3S2. The minimum atomic E-state index is -2.84. The predicted molar refractivity (Wildman–Crippen MR) is 66.2 cm³/mol. The van der Waals surface area contributed by atoms with Crippen LogP contribution in [-0.4, -0.2) is 56.2 Å². The van der Waals surface area contributed by atoms with Crippen LogP contribution in [0.5, 0.6) is 0 Å². The van der Waals surface area contributed by atoms with Crippen molar-refractivity contribution in [3.05, 3.63) is 0 Å². The lowest BCUT2D eigenvalue weighted by Gasteiger charge is -2.26. The van der Waals surface area contributed by atoms with Crippen LogP contribution in [0.3, 0.4) is 0 Å². The molecular weight excluding hydrogens is 234 g/mol. The third kappa shape index (κ3) is 8.07. The van der Waals surface area contributed by atoms with Crippen LogP contribution in [0.2, 0.25) is 0 Å². The molecule has 0 aliphatic carbocycles.